The Morgan fingerprint density at radius 2 is 2.08 bits per heavy atom. The topological polar surface area (TPSA) is 49.3 Å². The van der Waals surface area contributed by atoms with Gasteiger partial charge in [0.15, 0.2) is 0 Å². The molecule has 1 rings (SSSR count). The molecule has 1 atom stereocenters. The summed E-state index contributed by atoms with van der Waals surface area (Å²) in [7, 11) is 0. The van der Waals surface area contributed by atoms with Gasteiger partial charge < -0.3 is 10.4 Å². The summed E-state index contributed by atoms with van der Waals surface area (Å²) in [5.74, 6) is -0.0734. The summed E-state index contributed by atoms with van der Waals surface area (Å²) in [5.41, 5.74) is 0. The Kier molecular flexibility index (Phi) is 4.22. The first kappa shape index (κ1) is 10.5. The highest BCUT2D eigenvalue weighted by Gasteiger charge is 2.19. The first-order valence-corrected chi connectivity index (χ1v) is 5.15. The Balaban J connectivity index is 2.20. The van der Waals surface area contributed by atoms with Crippen LogP contribution >= 0.6 is 0 Å². The number of carbonyl (C=O) groups is 1. The maximum atomic E-state index is 10.3. The van der Waals surface area contributed by atoms with Crippen LogP contribution in [0.4, 0.5) is 0 Å². The van der Waals surface area contributed by atoms with Gasteiger partial charge in [-0.05, 0) is 25.7 Å². The number of aliphatic carboxylic acids is 1. The number of rotatable bonds is 4. The molecule has 0 unspecified atom stereocenters. The zero-order valence-corrected chi connectivity index (χ0v) is 8.25. The van der Waals surface area contributed by atoms with Gasteiger partial charge in [0.1, 0.15) is 0 Å². The molecule has 0 aromatic heterocycles. The van der Waals surface area contributed by atoms with Gasteiger partial charge in [-0.25, -0.2) is 0 Å². The van der Waals surface area contributed by atoms with Gasteiger partial charge in [0, 0.05) is 6.04 Å². The third kappa shape index (κ3) is 3.77. The Labute approximate surface area is 79.5 Å². The molecule has 76 valence electrons. The standard InChI is InChI=1S/C10H19NO2/c1-8(11-7-10(12)13)9-5-3-2-4-6-9/h8-9,11H,2-7H2,1H3,(H,12,13)/t8-/m0/s1. The van der Waals surface area contributed by atoms with Crippen LogP contribution in [0.5, 0.6) is 0 Å². The Bertz CT molecular complexity index is 164. The molecular formula is C10H19NO2. The predicted octanol–water partition coefficient (Wildman–Crippen LogP) is 1.63. The van der Waals surface area contributed by atoms with Crippen molar-refractivity contribution in [1.29, 1.82) is 0 Å². The lowest BCUT2D eigenvalue weighted by molar-refractivity contribution is -0.136. The molecule has 3 heteroatoms. The molecule has 2 N–H and O–H groups in total. The lowest BCUT2D eigenvalue weighted by Crippen LogP contribution is -2.37. The van der Waals surface area contributed by atoms with Crippen LogP contribution in [-0.4, -0.2) is 23.7 Å². The second kappa shape index (κ2) is 5.22. The molecule has 0 aromatic carbocycles. The number of carboxylic acids is 1. The molecule has 0 saturated heterocycles. The van der Waals surface area contributed by atoms with E-state index in [2.05, 4.69) is 12.2 Å². The molecule has 0 aromatic rings. The Morgan fingerprint density at radius 3 is 2.62 bits per heavy atom. The summed E-state index contributed by atoms with van der Waals surface area (Å²) in [5, 5.41) is 11.6. The number of carboxylic acid groups (broad SMARTS) is 1. The average molecular weight is 185 g/mol. The quantitative estimate of drug-likeness (QED) is 0.700. The second-order valence-electron chi connectivity index (χ2n) is 3.96. The van der Waals surface area contributed by atoms with Crippen molar-refractivity contribution in [3.8, 4) is 0 Å². The molecule has 1 saturated carbocycles. The van der Waals surface area contributed by atoms with Crippen molar-refractivity contribution in [2.45, 2.75) is 45.1 Å². The van der Waals surface area contributed by atoms with Crippen LogP contribution in [0, 0.1) is 5.92 Å². The van der Waals surface area contributed by atoms with Gasteiger partial charge in [-0.2, -0.15) is 0 Å². The largest absolute Gasteiger partial charge is 0.480 e. The summed E-state index contributed by atoms with van der Waals surface area (Å²) in [6.45, 7) is 2.19. The summed E-state index contributed by atoms with van der Waals surface area (Å²) < 4.78 is 0. The van der Waals surface area contributed by atoms with Crippen molar-refractivity contribution < 1.29 is 9.90 Å². The summed E-state index contributed by atoms with van der Waals surface area (Å²) in [6, 6.07) is 0.358. The first-order valence-electron chi connectivity index (χ1n) is 5.15. The zero-order chi connectivity index (χ0) is 9.68. The number of hydrogen-bond acceptors (Lipinski definition) is 2. The molecular weight excluding hydrogens is 166 g/mol. The van der Waals surface area contributed by atoms with E-state index in [1.54, 1.807) is 0 Å². The molecule has 0 bridgehead atoms. The molecule has 13 heavy (non-hydrogen) atoms. The highest BCUT2D eigenvalue weighted by Crippen LogP contribution is 2.26. The van der Waals surface area contributed by atoms with Crippen LogP contribution in [0.15, 0.2) is 0 Å². The minimum Gasteiger partial charge on any atom is -0.480 e. The maximum absolute atomic E-state index is 10.3. The van der Waals surface area contributed by atoms with E-state index in [0.717, 1.165) is 0 Å². The minimum absolute atomic E-state index is 0.0949. The molecule has 0 amide bonds. The van der Waals surface area contributed by atoms with Gasteiger partial charge >= 0.3 is 5.97 Å². The van der Waals surface area contributed by atoms with E-state index in [1.807, 2.05) is 0 Å². The second-order valence-corrected chi connectivity index (χ2v) is 3.96. The lowest BCUT2D eigenvalue weighted by atomic mass is 9.84. The Hall–Kier alpha value is -0.570. The lowest BCUT2D eigenvalue weighted by Gasteiger charge is -2.27. The van der Waals surface area contributed by atoms with Gasteiger partial charge in [-0.15, -0.1) is 0 Å². The molecule has 3 nitrogen and oxygen atoms in total. The monoisotopic (exact) mass is 185 g/mol. The highest BCUT2D eigenvalue weighted by molar-refractivity contribution is 5.69. The maximum Gasteiger partial charge on any atom is 0.317 e. The molecule has 0 heterocycles. The molecule has 1 fully saturated rings. The van der Waals surface area contributed by atoms with Crippen molar-refractivity contribution in [1.82, 2.24) is 5.32 Å². The van der Waals surface area contributed by atoms with Crippen LogP contribution in [0.2, 0.25) is 0 Å². The summed E-state index contributed by atoms with van der Waals surface area (Å²) >= 11 is 0. The van der Waals surface area contributed by atoms with Crippen LogP contribution in [0.25, 0.3) is 0 Å². The normalized spacial score (nSPS) is 21.3. The van der Waals surface area contributed by atoms with E-state index in [0.29, 0.717) is 12.0 Å². The fourth-order valence-electron chi connectivity index (χ4n) is 2.05. The van der Waals surface area contributed by atoms with Crippen molar-refractivity contribution >= 4 is 5.97 Å². The van der Waals surface area contributed by atoms with Gasteiger partial charge in [0.25, 0.3) is 0 Å². The smallest absolute Gasteiger partial charge is 0.317 e. The average Bonchev–Trinajstić information content (AvgIpc) is 2.15. The van der Waals surface area contributed by atoms with Crippen molar-refractivity contribution in [3.63, 3.8) is 0 Å². The predicted molar refractivity (Wildman–Crippen MR) is 51.7 cm³/mol. The van der Waals surface area contributed by atoms with E-state index in [-0.39, 0.29) is 6.54 Å². The van der Waals surface area contributed by atoms with Crippen LogP contribution < -0.4 is 5.32 Å². The van der Waals surface area contributed by atoms with Gasteiger partial charge in [0.2, 0.25) is 0 Å². The molecule has 0 spiro atoms. The van der Waals surface area contributed by atoms with E-state index in [9.17, 15) is 4.79 Å². The minimum atomic E-state index is -0.761. The summed E-state index contributed by atoms with van der Waals surface area (Å²) in [4.78, 5) is 10.3. The molecule has 1 aliphatic carbocycles. The SMILES string of the molecule is C[C@H](NCC(=O)O)C1CCCCC1. The van der Waals surface area contributed by atoms with Crippen LogP contribution in [0.1, 0.15) is 39.0 Å². The van der Waals surface area contributed by atoms with E-state index >= 15 is 0 Å². The third-order valence-corrected chi connectivity index (χ3v) is 2.93. The van der Waals surface area contributed by atoms with Gasteiger partial charge in [-0.3, -0.25) is 4.79 Å². The van der Waals surface area contributed by atoms with Gasteiger partial charge in [-0.1, -0.05) is 19.3 Å². The summed E-state index contributed by atoms with van der Waals surface area (Å²) in [6.07, 6.45) is 6.48. The molecule has 1 aliphatic rings. The number of nitrogens with one attached hydrogen (secondary N) is 1. The van der Waals surface area contributed by atoms with Crippen LogP contribution in [0.3, 0.4) is 0 Å². The number of hydrogen-bond donors (Lipinski definition) is 2. The molecule has 0 radical (unpaired) electrons. The fourth-order valence-corrected chi connectivity index (χ4v) is 2.05. The van der Waals surface area contributed by atoms with Gasteiger partial charge in [0.05, 0.1) is 6.54 Å². The third-order valence-electron chi connectivity index (χ3n) is 2.93. The fraction of sp³-hybridized carbons (Fsp3) is 0.900. The molecule has 0 aliphatic heterocycles. The first-order chi connectivity index (χ1) is 6.20. The van der Waals surface area contributed by atoms with E-state index in [4.69, 9.17) is 5.11 Å². The van der Waals surface area contributed by atoms with E-state index < -0.39 is 5.97 Å². The van der Waals surface area contributed by atoms with Crippen molar-refractivity contribution in [2.75, 3.05) is 6.54 Å². The van der Waals surface area contributed by atoms with Crippen molar-refractivity contribution in [2.24, 2.45) is 5.92 Å². The highest BCUT2D eigenvalue weighted by atomic mass is 16.4. The zero-order valence-electron chi connectivity index (χ0n) is 8.25. The Morgan fingerprint density at radius 1 is 1.46 bits per heavy atom. The van der Waals surface area contributed by atoms with E-state index in [1.165, 1.54) is 32.1 Å². The van der Waals surface area contributed by atoms with Crippen molar-refractivity contribution in [3.05, 3.63) is 0 Å². The van der Waals surface area contributed by atoms with Crippen LogP contribution in [-0.2, 0) is 4.79 Å².